The van der Waals surface area contributed by atoms with Crippen LogP contribution in [-0.4, -0.2) is 5.97 Å². The molecule has 1 aliphatic carbocycles. The maximum Gasteiger partial charge on any atom is 0.319 e. The third-order valence-electron chi connectivity index (χ3n) is 3.84. The van der Waals surface area contributed by atoms with Gasteiger partial charge < -0.3 is 4.74 Å². The number of esters is 1. The fourth-order valence-corrected chi connectivity index (χ4v) is 3.04. The van der Waals surface area contributed by atoms with Crippen molar-refractivity contribution >= 4 is 5.97 Å². The van der Waals surface area contributed by atoms with Crippen LogP contribution in [-0.2, 0) is 4.79 Å². The topological polar surface area (TPSA) is 26.3 Å². The van der Waals surface area contributed by atoms with E-state index in [1.165, 1.54) is 32.1 Å². The number of carbonyl (C=O) groups is 1. The van der Waals surface area contributed by atoms with E-state index in [4.69, 9.17) is 4.74 Å². The highest BCUT2D eigenvalue weighted by atomic mass is 16.5. The van der Waals surface area contributed by atoms with Gasteiger partial charge in [-0.1, -0.05) is 37.5 Å². The van der Waals surface area contributed by atoms with Gasteiger partial charge in [-0.2, -0.15) is 0 Å². The maximum absolute atomic E-state index is 11.9. The number of fused-ring (bicyclic) bond motifs is 1. The minimum atomic E-state index is -0.0342. The molecule has 1 fully saturated rings. The highest BCUT2D eigenvalue weighted by Crippen LogP contribution is 2.44. The van der Waals surface area contributed by atoms with Crippen molar-refractivity contribution in [1.29, 1.82) is 0 Å². The fourth-order valence-electron chi connectivity index (χ4n) is 3.04. The summed E-state index contributed by atoms with van der Waals surface area (Å²) < 4.78 is 5.33. The smallest absolute Gasteiger partial charge is 0.319 e. The molecule has 0 aromatic heterocycles. The Balaban J connectivity index is 1.92. The van der Waals surface area contributed by atoms with Gasteiger partial charge in [-0.3, -0.25) is 4.79 Å². The molecular weight excluding hydrogens is 200 g/mol. The zero-order chi connectivity index (χ0) is 11.0. The molecule has 2 nitrogen and oxygen atoms in total. The van der Waals surface area contributed by atoms with Crippen molar-refractivity contribution < 1.29 is 9.53 Å². The first kappa shape index (κ1) is 9.88. The van der Waals surface area contributed by atoms with Gasteiger partial charge in [0, 0.05) is 5.56 Å². The summed E-state index contributed by atoms with van der Waals surface area (Å²) >= 11 is 0. The van der Waals surface area contributed by atoms with E-state index in [2.05, 4.69) is 0 Å². The molecule has 3 rings (SSSR count). The van der Waals surface area contributed by atoms with E-state index in [9.17, 15) is 4.79 Å². The van der Waals surface area contributed by atoms with Crippen LogP contribution >= 0.6 is 0 Å². The van der Waals surface area contributed by atoms with E-state index in [1.54, 1.807) is 0 Å². The summed E-state index contributed by atoms with van der Waals surface area (Å²) in [5.41, 5.74) is 1.11. The van der Waals surface area contributed by atoms with Gasteiger partial charge in [0.15, 0.2) is 0 Å². The summed E-state index contributed by atoms with van der Waals surface area (Å²) in [4.78, 5) is 11.9. The number of hydrogen-bond acceptors (Lipinski definition) is 2. The molecule has 0 spiro atoms. The molecule has 0 N–H and O–H groups in total. The van der Waals surface area contributed by atoms with Crippen LogP contribution in [0.2, 0.25) is 0 Å². The molecule has 1 heterocycles. The Morgan fingerprint density at radius 3 is 2.62 bits per heavy atom. The van der Waals surface area contributed by atoms with E-state index in [1.807, 2.05) is 24.3 Å². The monoisotopic (exact) mass is 216 g/mol. The second kappa shape index (κ2) is 3.93. The predicted octanol–water partition coefficient (Wildman–Crippen LogP) is 3.27. The Labute approximate surface area is 95.6 Å². The van der Waals surface area contributed by atoms with Gasteiger partial charge in [-0.15, -0.1) is 0 Å². The molecule has 0 bridgehead atoms. The Kier molecular flexibility index (Phi) is 2.43. The Morgan fingerprint density at radius 2 is 1.81 bits per heavy atom. The van der Waals surface area contributed by atoms with E-state index >= 15 is 0 Å². The van der Waals surface area contributed by atoms with E-state index in [0.717, 1.165) is 11.3 Å². The van der Waals surface area contributed by atoms with E-state index in [-0.39, 0.29) is 11.9 Å². The van der Waals surface area contributed by atoms with Crippen LogP contribution in [0.5, 0.6) is 5.75 Å². The SMILES string of the molecule is O=C1Oc2ccccc2[C@@H]1C1CCCCC1. The highest BCUT2D eigenvalue weighted by molar-refractivity contribution is 5.86. The maximum atomic E-state index is 11.9. The average molecular weight is 216 g/mol. The van der Waals surface area contributed by atoms with E-state index in [0.29, 0.717) is 5.92 Å². The summed E-state index contributed by atoms with van der Waals surface area (Å²) in [6, 6.07) is 7.86. The van der Waals surface area contributed by atoms with Crippen molar-refractivity contribution in [3.8, 4) is 5.75 Å². The van der Waals surface area contributed by atoms with Crippen LogP contribution in [0.25, 0.3) is 0 Å². The largest absolute Gasteiger partial charge is 0.426 e. The lowest BCUT2D eigenvalue weighted by Gasteiger charge is -2.25. The Hall–Kier alpha value is -1.31. The van der Waals surface area contributed by atoms with Crippen LogP contribution in [0.1, 0.15) is 43.6 Å². The summed E-state index contributed by atoms with van der Waals surface area (Å²) in [6.45, 7) is 0. The third kappa shape index (κ3) is 1.53. The molecule has 16 heavy (non-hydrogen) atoms. The average Bonchev–Trinajstić information content (AvgIpc) is 2.66. The molecule has 0 radical (unpaired) electrons. The molecule has 0 saturated heterocycles. The second-order valence-electron chi connectivity index (χ2n) is 4.83. The van der Waals surface area contributed by atoms with Crippen LogP contribution in [0.15, 0.2) is 24.3 Å². The zero-order valence-electron chi connectivity index (χ0n) is 9.32. The molecule has 2 aliphatic rings. The zero-order valence-corrected chi connectivity index (χ0v) is 9.32. The van der Waals surface area contributed by atoms with Crippen molar-refractivity contribution in [1.82, 2.24) is 0 Å². The number of hydrogen-bond donors (Lipinski definition) is 0. The lowest BCUT2D eigenvalue weighted by molar-refractivity contribution is -0.135. The molecule has 2 heteroatoms. The normalized spacial score (nSPS) is 25.2. The molecule has 1 atom stereocenters. The van der Waals surface area contributed by atoms with Crippen LogP contribution in [0, 0.1) is 5.92 Å². The highest BCUT2D eigenvalue weighted by Gasteiger charge is 2.38. The Bertz CT molecular complexity index is 405. The van der Waals surface area contributed by atoms with Crippen molar-refractivity contribution in [2.24, 2.45) is 5.92 Å². The van der Waals surface area contributed by atoms with Crippen molar-refractivity contribution in [2.45, 2.75) is 38.0 Å². The van der Waals surface area contributed by atoms with Gasteiger partial charge in [0.05, 0.1) is 5.92 Å². The van der Waals surface area contributed by atoms with Crippen molar-refractivity contribution in [3.63, 3.8) is 0 Å². The minimum Gasteiger partial charge on any atom is -0.426 e. The second-order valence-corrected chi connectivity index (χ2v) is 4.83. The van der Waals surface area contributed by atoms with Gasteiger partial charge in [0.2, 0.25) is 0 Å². The molecule has 84 valence electrons. The first-order valence-corrected chi connectivity index (χ1v) is 6.17. The number of carbonyl (C=O) groups excluding carboxylic acids is 1. The molecule has 0 amide bonds. The molecule has 1 saturated carbocycles. The Morgan fingerprint density at radius 1 is 1.06 bits per heavy atom. The summed E-state index contributed by atoms with van der Waals surface area (Å²) in [7, 11) is 0. The number of benzene rings is 1. The predicted molar refractivity (Wildman–Crippen MR) is 61.4 cm³/mol. The molecular formula is C14H16O2. The first-order valence-electron chi connectivity index (χ1n) is 6.17. The van der Waals surface area contributed by atoms with Gasteiger partial charge in [-0.25, -0.2) is 0 Å². The van der Waals surface area contributed by atoms with Crippen LogP contribution < -0.4 is 4.74 Å². The summed E-state index contributed by atoms with van der Waals surface area (Å²) in [5, 5.41) is 0. The van der Waals surface area contributed by atoms with Gasteiger partial charge >= 0.3 is 5.97 Å². The fraction of sp³-hybridized carbons (Fsp3) is 0.500. The molecule has 0 unspecified atom stereocenters. The number of rotatable bonds is 1. The van der Waals surface area contributed by atoms with Gasteiger partial charge in [-0.05, 0) is 24.8 Å². The van der Waals surface area contributed by atoms with Crippen molar-refractivity contribution in [3.05, 3.63) is 29.8 Å². The van der Waals surface area contributed by atoms with Gasteiger partial charge in [0.25, 0.3) is 0 Å². The van der Waals surface area contributed by atoms with E-state index < -0.39 is 0 Å². The number of ether oxygens (including phenoxy) is 1. The minimum absolute atomic E-state index is 0.0106. The summed E-state index contributed by atoms with van der Waals surface area (Å²) in [6.07, 6.45) is 6.19. The standard InChI is InChI=1S/C14H16O2/c15-14-13(10-6-2-1-3-7-10)11-8-4-5-9-12(11)16-14/h4-5,8-10,13H,1-3,6-7H2/t13-/m0/s1. The van der Waals surface area contributed by atoms with Crippen molar-refractivity contribution in [2.75, 3.05) is 0 Å². The first-order chi connectivity index (χ1) is 7.86. The lowest BCUT2D eigenvalue weighted by atomic mass is 9.77. The van der Waals surface area contributed by atoms with Gasteiger partial charge in [0.1, 0.15) is 5.75 Å². The quantitative estimate of drug-likeness (QED) is 0.532. The van der Waals surface area contributed by atoms with Crippen LogP contribution in [0.3, 0.4) is 0 Å². The third-order valence-corrected chi connectivity index (χ3v) is 3.84. The molecule has 1 aromatic carbocycles. The molecule has 1 aromatic rings. The molecule has 1 aliphatic heterocycles. The lowest BCUT2D eigenvalue weighted by Crippen LogP contribution is -2.22. The van der Waals surface area contributed by atoms with Crippen LogP contribution in [0.4, 0.5) is 0 Å². The number of para-hydroxylation sites is 1. The summed E-state index contributed by atoms with van der Waals surface area (Å²) in [5.74, 6) is 1.26.